The van der Waals surface area contributed by atoms with Crippen LogP contribution in [0, 0.1) is 10.1 Å². The maximum Gasteiger partial charge on any atom is 0.294 e. The van der Waals surface area contributed by atoms with Crippen LogP contribution in [0.2, 0.25) is 0 Å². The van der Waals surface area contributed by atoms with Gasteiger partial charge in [0.05, 0.1) is 6.42 Å². The van der Waals surface area contributed by atoms with Crippen molar-refractivity contribution in [1.82, 2.24) is 10.6 Å². The number of hydrogen-bond donors (Lipinski definition) is 3. The molecule has 1 aliphatic rings. The van der Waals surface area contributed by atoms with Gasteiger partial charge in [-0.05, 0) is 37.8 Å². The number of rotatable bonds is 11. The summed E-state index contributed by atoms with van der Waals surface area (Å²) in [6.07, 6.45) is 0.341. The van der Waals surface area contributed by atoms with E-state index in [0.29, 0.717) is 38.0 Å². The van der Waals surface area contributed by atoms with Crippen LogP contribution in [0.25, 0.3) is 0 Å². The van der Waals surface area contributed by atoms with Crippen molar-refractivity contribution in [2.75, 3.05) is 6.54 Å². The Morgan fingerprint density at radius 1 is 1.24 bits per heavy atom. The van der Waals surface area contributed by atoms with E-state index in [2.05, 4.69) is 15.5 Å². The maximum atomic E-state index is 12.6. The second kappa shape index (κ2) is 11.6. The molecule has 1 aromatic carbocycles. The standard InChI is InChI=1S/C20H31N3O6/c1-14(2)21-13-18(24)19(28-16-6-4-3-5-7-16)12-20(25)22-15-8-10-17(11-9-15)29-23(26)27/h3-7,14-15,17-19,21,24H,8-13H2,1-2H3,(H,22,25). The van der Waals surface area contributed by atoms with E-state index in [1.54, 1.807) is 12.1 Å². The lowest BCUT2D eigenvalue weighted by Gasteiger charge is -2.29. The van der Waals surface area contributed by atoms with Crippen molar-refractivity contribution in [2.45, 2.75) is 76.3 Å². The largest absolute Gasteiger partial charge is 0.487 e. The highest BCUT2D eigenvalue weighted by molar-refractivity contribution is 5.76. The smallest absolute Gasteiger partial charge is 0.294 e. The molecular formula is C20H31N3O6. The first-order chi connectivity index (χ1) is 13.8. The number of nitrogens with zero attached hydrogens (tertiary/aromatic N) is 1. The van der Waals surface area contributed by atoms with E-state index in [0.717, 1.165) is 0 Å². The lowest BCUT2D eigenvalue weighted by Crippen LogP contribution is -2.46. The van der Waals surface area contributed by atoms with E-state index in [-0.39, 0.29) is 24.4 Å². The van der Waals surface area contributed by atoms with Gasteiger partial charge in [-0.2, -0.15) is 0 Å². The van der Waals surface area contributed by atoms with Crippen molar-refractivity contribution >= 4 is 5.91 Å². The molecule has 0 heterocycles. The maximum absolute atomic E-state index is 12.6. The minimum atomic E-state index is -0.854. The van der Waals surface area contributed by atoms with Gasteiger partial charge in [-0.1, -0.05) is 32.0 Å². The zero-order valence-corrected chi connectivity index (χ0v) is 17.0. The monoisotopic (exact) mass is 409 g/mol. The van der Waals surface area contributed by atoms with Gasteiger partial charge in [-0.25, -0.2) is 0 Å². The van der Waals surface area contributed by atoms with E-state index in [1.807, 2.05) is 32.0 Å². The molecule has 1 saturated carbocycles. The summed E-state index contributed by atoms with van der Waals surface area (Å²) >= 11 is 0. The lowest BCUT2D eigenvalue weighted by molar-refractivity contribution is -0.769. The Morgan fingerprint density at radius 2 is 1.90 bits per heavy atom. The Balaban J connectivity index is 1.88. The molecule has 1 amide bonds. The molecule has 2 unspecified atom stereocenters. The quantitative estimate of drug-likeness (QED) is 0.376. The summed E-state index contributed by atoms with van der Waals surface area (Å²) in [6, 6.07) is 9.23. The number of carbonyl (C=O) groups is 1. The molecular weight excluding hydrogens is 378 g/mol. The molecule has 0 radical (unpaired) electrons. The van der Waals surface area contributed by atoms with Crippen LogP contribution in [0.15, 0.2) is 30.3 Å². The Hall–Kier alpha value is -2.39. The fraction of sp³-hybridized carbons (Fsp3) is 0.650. The molecule has 1 aromatic rings. The van der Waals surface area contributed by atoms with E-state index < -0.39 is 23.4 Å². The summed E-state index contributed by atoms with van der Waals surface area (Å²) in [4.78, 5) is 27.6. The molecule has 162 valence electrons. The van der Waals surface area contributed by atoms with Gasteiger partial charge in [0, 0.05) is 18.6 Å². The van der Waals surface area contributed by atoms with E-state index in [4.69, 9.17) is 4.74 Å². The Bertz CT molecular complexity index is 634. The second-order valence-electron chi connectivity index (χ2n) is 7.67. The summed E-state index contributed by atoms with van der Waals surface area (Å²) in [5, 5.41) is 26.3. The van der Waals surface area contributed by atoms with Gasteiger partial charge in [-0.15, -0.1) is 10.1 Å². The van der Waals surface area contributed by atoms with Crippen molar-refractivity contribution in [1.29, 1.82) is 0 Å². The molecule has 9 nitrogen and oxygen atoms in total. The fourth-order valence-corrected chi connectivity index (χ4v) is 3.32. The molecule has 2 rings (SSSR count). The van der Waals surface area contributed by atoms with Crippen LogP contribution in [0.5, 0.6) is 5.75 Å². The first kappa shape index (κ1) is 22.9. The predicted molar refractivity (Wildman–Crippen MR) is 107 cm³/mol. The number of ether oxygens (including phenoxy) is 1. The normalized spacial score (nSPS) is 21.2. The number of benzene rings is 1. The summed E-state index contributed by atoms with van der Waals surface area (Å²) < 4.78 is 5.88. The number of para-hydroxylation sites is 1. The van der Waals surface area contributed by atoms with E-state index in [1.165, 1.54) is 0 Å². The second-order valence-corrected chi connectivity index (χ2v) is 7.67. The molecule has 1 aliphatic carbocycles. The fourth-order valence-electron chi connectivity index (χ4n) is 3.32. The SMILES string of the molecule is CC(C)NCC(O)C(CC(=O)NC1CCC(O[N+](=O)[O-])CC1)Oc1ccccc1. The van der Waals surface area contributed by atoms with Gasteiger partial charge in [-0.3, -0.25) is 4.79 Å². The summed E-state index contributed by atoms with van der Waals surface area (Å²) in [5.41, 5.74) is 0. The van der Waals surface area contributed by atoms with Crippen LogP contribution in [-0.4, -0.2) is 53.0 Å². The first-order valence-corrected chi connectivity index (χ1v) is 10.1. The van der Waals surface area contributed by atoms with Gasteiger partial charge >= 0.3 is 0 Å². The number of hydrogen-bond acceptors (Lipinski definition) is 7. The Labute approximate surface area is 170 Å². The Kier molecular flexibility index (Phi) is 9.14. The molecule has 0 bridgehead atoms. The van der Waals surface area contributed by atoms with Crippen LogP contribution < -0.4 is 15.4 Å². The minimum absolute atomic E-state index is 0.0150. The predicted octanol–water partition coefficient (Wildman–Crippen LogP) is 1.82. The van der Waals surface area contributed by atoms with Gasteiger partial charge in [0.15, 0.2) is 0 Å². The first-order valence-electron chi connectivity index (χ1n) is 10.1. The molecule has 0 saturated heterocycles. The summed E-state index contributed by atoms with van der Waals surface area (Å²) in [7, 11) is 0. The number of amides is 1. The average molecular weight is 409 g/mol. The Morgan fingerprint density at radius 3 is 2.48 bits per heavy atom. The number of carbonyl (C=O) groups excluding carboxylic acids is 1. The number of aliphatic hydroxyl groups excluding tert-OH is 1. The molecule has 29 heavy (non-hydrogen) atoms. The third-order valence-electron chi connectivity index (χ3n) is 4.86. The molecule has 0 aliphatic heterocycles. The van der Waals surface area contributed by atoms with Crippen molar-refractivity contribution in [3.8, 4) is 5.75 Å². The van der Waals surface area contributed by atoms with Gasteiger partial charge in [0.25, 0.3) is 5.09 Å². The summed E-state index contributed by atoms with van der Waals surface area (Å²) in [6.45, 7) is 4.27. The number of aliphatic hydroxyl groups is 1. The molecule has 1 fully saturated rings. The number of nitrogens with one attached hydrogen (secondary N) is 2. The minimum Gasteiger partial charge on any atom is -0.487 e. The van der Waals surface area contributed by atoms with Crippen molar-refractivity contribution in [3.05, 3.63) is 40.4 Å². The van der Waals surface area contributed by atoms with Crippen LogP contribution in [-0.2, 0) is 9.63 Å². The summed E-state index contributed by atoms with van der Waals surface area (Å²) in [5.74, 6) is 0.375. The van der Waals surface area contributed by atoms with Crippen molar-refractivity contribution in [2.24, 2.45) is 0 Å². The van der Waals surface area contributed by atoms with Crippen molar-refractivity contribution in [3.63, 3.8) is 0 Å². The highest BCUT2D eigenvalue weighted by atomic mass is 17.0. The van der Waals surface area contributed by atoms with Crippen LogP contribution >= 0.6 is 0 Å². The highest BCUT2D eigenvalue weighted by Crippen LogP contribution is 2.22. The van der Waals surface area contributed by atoms with Gasteiger partial charge in [0.1, 0.15) is 24.1 Å². The zero-order chi connectivity index (χ0) is 21.2. The average Bonchev–Trinajstić information content (AvgIpc) is 2.67. The topological polar surface area (TPSA) is 123 Å². The van der Waals surface area contributed by atoms with Crippen molar-refractivity contribution < 1.29 is 24.6 Å². The highest BCUT2D eigenvalue weighted by Gasteiger charge is 2.28. The van der Waals surface area contributed by atoms with Crippen LogP contribution in [0.1, 0.15) is 46.0 Å². The third kappa shape index (κ3) is 8.66. The van der Waals surface area contributed by atoms with Crippen LogP contribution in [0.3, 0.4) is 0 Å². The molecule has 2 atom stereocenters. The van der Waals surface area contributed by atoms with E-state index in [9.17, 15) is 20.0 Å². The van der Waals surface area contributed by atoms with Gasteiger partial charge in [0.2, 0.25) is 5.91 Å². The molecule has 0 aromatic heterocycles. The molecule has 0 spiro atoms. The lowest BCUT2D eigenvalue weighted by atomic mass is 9.93. The van der Waals surface area contributed by atoms with Gasteiger partial charge < -0.3 is 25.3 Å². The van der Waals surface area contributed by atoms with E-state index >= 15 is 0 Å². The molecule has 9 heteroatoms. The van der Waals surface area contributed by atoms with Crippen LogP contribution in [0.4, 0.5) is 0 Å². The zero-order valence-electron chi connectivity index (χ0n) is 17.0. The third-order valence-corrected chi connectivity index (χ3v) is 4.86. The molecule has 3 N–H and O–H groups in total.